The van der Waals surface area contributed by atoms with Gasteiger partial charge >= 0.3 is 5.97 Å². The van der Waals surface area contributed by atoms with Gasteiger partial charge in [0.15, 0.2) is 0 Å². The van der Waals surface area contributed by atoms with E-state index in [0.717, 1.165) is 5.01 Å². The molecule has 100 valence electrons. The quantitative estimate of drug-likeness (QED) is 0.735. The van der Waals surface area contributed by atoms with Crippen LogP contribution in [0, 0.1) is 0 Å². The number of esters is 1. The molecule has 0 radical (unpaired) electrons. The number of thiazole rings is 1. The van der Waals surface area contributed by atoms with E-state index in [2.05, 4.69) is 20.4 Å². The molecule has 1 amide bonds. The summed E-state index contributed by atoms with van der Waals surface area (Å²) >= 11 is 1.53. The number of hydrogen-bond donors (Lipinski definition) is 2. The Labute approximate surface area is 110 Å². The van der Waals surface area contributed by atoms with E-state index >= 15 is 0 Å². The van der Waals surface area contributed by atoms with Crippen molar-refractivity contribution in [2.75, 3.05) is 13.7 Å². The van der Waals surface area contributed by atoms with Gasteiger partial charge in [-0.05, 0) is 6.92 Å². The zero-order chi connectivity index (χ0) is 13.5. The lowest BCUT2D eigenvalue weighted by atomic mass is 10.2. The van der Waals surface area contributed by atoms with Crippen molar-refractivity contribution in [3.8, 4) is 0 Å². The summed E-state index contributed by atoms with van der Waals surface area (Å²) in [5, 5.41) is 8.50. The fourth-order valence-corrected chi connectivity index (χ4v) is 2.08. The number of ether oxygens (including phenoxy) is 1. The number of methoxy groups -OCH3 is 1. The van der Waals surface area contributed by atoms with Crippen molar-refractivity contribution in [2.24, 2.45) is 0 Å². The Morgan fingerprint density at radius 1 is 1.56 bits per heavy atom. The molecule has 0 saturated carbocycles. The van der Waals surface area contributed by atoms with Crippen LogP contribution in [0.3, 0.4) is 0 Å². The van der Waals surface area contributed by atoms with Crippen LogP contribution in [0.1, 0.15) is 24.9 Å². The summed E-state index contributed by atoms with van der Waals surface area (Å²) in [6.45, 7) is 3.61. The first-order chi connectivity index (χ1) is 8.54. The topological polar surface area (TPSA) is 80.3 Å². The summed E-state index contributed by atoms with van der Waals surface area (Å²) in [6, 6.07) is -0.666. The Balaban J connectivity index is 2.51. The number of nitrogens with zero attached hydrogens (tertiary/aromatic N) is 1. The molecule has 0 fully saturated rings. The first-order valence-electron chi connectivity index (χ1n) is 5.52. The fraction of sp³-hybridized carbons (Fsp3) is 0.545. The number of rotatable bonds is 6. The molecule has 0 aromatic carbocycles. The molecular formula is C11H17N3O3S. The van der Waals surface area contributed by atoms with Crippen molar-refractivity contribution in [1.82, 2.24) is 15.6 Å². The smallest absolute Gasteiger partial charge is 0.329 e. The minimum absolute atomic E-state index is 0.0194. The van der Waals surface area contributed by atoms with Gasteiger partial charge in [-0.1, -0.05) is 0 Å². The Morgan fingerprint density at radius 3 is 2.78 bits per heavy atom. The van der Waals surface area contributed by atoms with Crippen molar-refractivity contribution in [1.29, 1.82) is 0 Å². The number of hydrogen-bond acceptors (Lipinski definition) is 6. The van der Waals surface area contributed by atoms with Crippen LogP contribution in [0.15, 0.2) is 11.6 Å². The summed E-state index contributed by atoms with van der Waals surface area (Å²) in [5.74, 6) is -0.738. The van der Waals surface area contributed by atoms with Crippen LogP contribution < -0.4 is 10.6 Å². The van der Waals surface area contributed by atoms with E-state index in [9.17, 15) is 9.59 Å². The average Bonchev–Trinajstić information content (AvgIpc) is 2.86. The van der Waals surface area contributed by atoms with Gasteiger partial charge < -0.3 is 15.4 Å². The molecular weight excluding hydrogens is 254 g/mol. The lowest BCUT2D eigenvalue weighted by Crippen LogP contribution is -2.47. The molecule has 0 aliphatic carbocycles. The van der Waals surface area contributed by atoms with Gasteiger partial charge in [0.1, 0.15) is 11.0 Å². The Morgan fingerprint density at radius 2 is 2.28 bits per heavy atom. The van der Waals surface area contributed by atoms with Gasteiger partial charge in [-0.3, -0.25) is 4.79 Å². The number of amides is 1. The van der Waals surface area contributed by atoms with Gasteiger partial charge in [-0.2, -0.15) is 0 Å². The average molecular weight is 271 g/mol. The second-order valence-electron chi connectivity index (χ2n) is 3.78. The standard InChI is InChI=1S/C11H17N3O3S/c1-7(10-12-4-5-18-10)13-6-9(11(16)17-3)14-8(2)15/h4-5,7,9,13H,6H2,1-3H3,(H,14,15). The van der Waals surface area contributed by atoms with Gasteiger partial charge in [0, 0.05) is 25.0 Å². The van der Waals surface area contributed by atoms with Crippen molar-refractivity contribution in [2.45, 2.75) is 25.9 Å². The monoisotopic (exact) mass is 271 g/mol. The van der Waals surface area contributed by atoms with Gasteiger partial charge in [0.25, 0.3) is 0 Å². The van der Waals surface area contributed by atoms with Crippen molar-refractivity contribution in [3.63, 3.8) is 0 Å². The highest BCUT2D eigenvalue weighted by atomic mass is 32.1. The molecule has 2 N–H and O–H groups in total. The molecule has 0 aliphatic rings. The Hall–Kier alpha value is -1.47. The maximum atomic E-state index is 11.5. The highest BCUT2D eigenvalue weighted by Gasteiger charge is 2.21. The number of carbonyl (C=O) groups excluding carboxylic acids is 2. The third kappa shape index (κ3) is 4.42. The molecule has 18 heavy (non-hydrogen) atoms. The van der Waals surface area contributed by atoms with E-state index in [-0.39, 0.29) is 11.9 Å². The predicted molar refractivity (Wildman–Crippen MR) is 68.2 cm³/mol. The SMILES string of the molecule is COC(=O)C(CNC(C)c1nccs1)NC(C)=O. The lowest BCUT2D eigenvalue weighted by molar-refractivity contribution is -0.144. The van der Waals surface area contributed by atoms with E-state index in [1.165, 1.54) is 25.4 Å². The molecule has 1 heterocycles. The molecule has 1 rings (SSSR count). The molecule has 2 unspecified atom stereocenters. The summed E-state index contributed by atoms with van der Waals surface area (Å²) in [7, 11) is 1.29. The van der Waals surface area contributed by atoms with E-state index in [1.54, 1.807) is 6.20 Å². The van der Waals surface area contributed by atoms with Crippen LogP contribution in [0.2, 0.25) is 0 Å². The summed E-state index contributed by atoms with van der Waals surface area (Å²) in [5.41, 5.74) is 0. The molecule has 0 bridgehead atoms. The second kappa shape index (κ2) is 7.07. The zero-order valence-corrected chi connectivity index (χ0v) is 11.4. The van der Waals surface area contributed by atoms with Crippen LogP contribution in [0.5, 0.6) is 0 Å². The van der Waals surface area contributed by atoms with Gasteiger partial charge in [-0.15, -0.1) is 11.3 Å². The normalized spacial score (nSPS) is 13.7. The Kier molecular flexibility index (Phi) is 5.73. The summed E-state index contributed by atoms with van der Waals surface area (Å²) in [6.07, 6.45) is 1.73. The van der Waals surface area contributed by atoms with Crippen LogP contribution in [0.4, 0.5) is 0 Å². The van der Waals surface area contributed by atoms with Crippen molar-refractivity contribution >= 4 is 23.2 Å². The molecule has 6 nitrogen and oxygen atoms in total. The number of carbonyl (C=O) groups is 2. The third-order valence-corrected chi connectivity index (χ3v) is 3.27. The highest BCUT2D eigenvalue weighted by Crippen LogP contribution is 2.14. The van der Waals surface area contributed by atoms with Crippen LogP contribution in [0.25, 0.3) is 0 Å². The second-order valence-corrected chi connectivity index (χ2v) is 4.70. The molecule has 1 aromatic rings. The molecule has 7 heteroatoms. The van der Waals surface area contributed by atoms with E-state index in [0.29, 0.717) is 6.54 Å². The van der Waals surface area contributed by atoms with Gasteiger partial charge in [0.2, 0.25) is 5.91 Å². The third-order valence-electron chi connectivity index (χ3n) is 2.31. The number of aromatic nitrogens is 1. The lowest BCUT2D eigenvalue weighted by Gasteiger charge is -2.18. The maximum absolute atomic E-state index is 11.5. The molecule has 1 aromatic heterocycles. The first kappa shape index (κ1) is 14.6. The Bertz CT molecular complexity index is 394. The van der Waals surface area contributed by atoms with E-state index in [1.807, 2.05) is 12.3 Å². The van der Waals surface area contributed by atoms with Gasteiger partial charge in [0.05, 0.1) is 13.2 Å². The van der Waals surface area contributed by atoms with Crippen LogP contribution in [-0.2, 0) is 14.3 Å². The minimum Gasteiger partial charge on any atom is -0.467 e. The van der Waals surface area contributed by atoms with Crippen LogP contribution >= 0.6 is 11.3 Å². The van der Waals surface area contributed by atoms with E-state index in [4.69, 9.17) is 0 Å². The molecule has 0 aliphatic heterocycles. The minimum atomic E-state index is -0.685. The predicted octanol–water partition coefficient (Wildman–Crippen LogP) is 0.471. The zero-order valence-electron chi connectivity index (χ0n) is 10.6. The molecule has 0 saturated heterocycles. The first-order valence-corrected chi connectivity index (χ1v) is 6.40. The summed E-state index contributed by atoms with van der Waals surface area (Å²) in [4.78, 5) is 26.6. The molecule has 0 spiro atoms. The largest absolute Gasteiger partial charge is 0.467 e. The highest BCUT2D eigenvalue weighted by molar-refractivity contribution is 7.09. The summed E-state index contributed by atoms with van der Waals surface area (Å²) < 4.78 is 4.63. The maximum Gasteiger partial charge on any atom is 0.329 e. The fourth-order valence-electron chi connectivity index (χ4n) is 1.41. The van der Waals surface area contributed by atoms with Crippen molar-refractivity contribution < 1.29 is 14.3 Å². The van der Waals surface area contributed by atoms with Crippen LogP contribution in [-0.4, -0.2) is 36.6 Å². The molecule has 2 atom stereocenters. The van der Waals surface area contributed by atoms with Crippen molar-refractivity contribution in [3.05, 3.63) is 16.6 Å². The van der Waals surface area contributed by atoms with E-state index < -0.39 is 12.0 Å². The number of nitrogens with one attached hydrogen (secondary N) is 2. The van der Waals surface area contributed by atoms with Gasteiger partial charge in [-0.25, -0.2) is 9.78 Å².